The van der Waals surface area contributed by atoms with E-state index >= 15 is 0 Å². The van der Waals surface area contributed by atoms with Crippen LogP contribution in [0.2, 0.25) is 5.02 Å². The molecule has 5 nitrogen and oxygen atoms in total. The number of ether oxygens (including phenoxy) is 2. The van der Waals surface area contributed by atoms with Crippen molar-refractivity contribution in [2.75, 3.05) is 7.11 Å². The molecular weight excluding hydrogens is 332 g/mol. The Kier molecular flexibility index (Phi) is 5.71. The highest BCUT2D eigenvalue weighted by molar-refractivity contribution is 6.30. The van der Waals surface area contributed by atoms with Crippen molar-refractivity contribution in [3.63, 3.8) is 0 Å². The fourth-order valence-corrected chi connectivity index (χ4v) is 2.12. The first kappa shape index (κ1) is 17.7. The van der Waals surface area contributed by atoms with E-state index in [0.29, 0.717) is 16.1 Å². The highest BCUT2D eigenvalue weighted by Gasteiger charge is 2.20. The SMILES string of the molecule is COC(=O)c1ccc(C(=O)O[C@@H](C)C(=O)c2ccc(Cl)cc2)cc1. The molecule has 2 aromatic carbocycles. The topological polar surface area (TPSA) is 69.7 Å². The summed E-state index contributed by atoms with van der Waals surface area (Å²) in [6.45, 7) is 1.50. The Bertz CT molecular complexity index is 750. The first-order valence-electron chi connectivity index (χ1n) is 7.11. The number of esters is 2. The molecule has 0 amide bonds. The molecule has 0 aliphatic carbocycles. The highest BCUT2D eigenvalue weighted by atomic mass is 35.5. The van der Waals surface area contributed by atoms with Gasteiger partial charge in [-0.2, -0.15) is 0 Å². The van der Waals surface area contributed by atoms with Gasteiger partial charge in [0.1, 0.15) is 0 Å². The van der Waals surface area contributed by atoms with E-state index in [4.69, 9.17) is 16.3 Å². The third-order valence-corrected chi connectivity index (χ3v) is 3.58. The van der Waals surface area contributed by atoms with Crippen molar-refractivity contribution in [1.82, 2.24) is 0 Å². The molecule has 0 unspecified atom stereocenters. The Morgan fingerprint density at radius 3 is 1.79 bits per heavy atom. The van der Waals surface area contributed by atoms with E-state index < -0.39 is 18.0 Å². The summed E-state index contributed by atoms with van der Waals surface area (Å²) in [5.41, 5.74) is 0.957. The van der Waals surface area contributed by atoms with Gasteiger partial charge in [0.25, 0.3) is 0 Å². The van der Waals surface area contributed by atoms with Crippen molar-refractivity contribution in [3.05, 3.63) is 70.2 Å². The van der Waals surface area contributed by atoms with Crippen LogP contribution in [0.4, 0.5) is 0 Å². The molecule has 6 heteroatoms. The average Bonchev–Trinajstić information content (AvgIpc) is 2.61. The van der Waals surface area contributed by atoms with Crippen LogP contribution in [0.15, 0.2) is 48.5 Å². The third kappa shape index (κ3) is 4.20. The number of hydrogen-bond acceptors (Lipinski definition) is 5. The molecule has 0 aliphatic heterocycles. The molecule has 0 spiro atoms. The summed E-state index contributed by atoms with van der Waals surface area (Å²) in [6, 6.07) is 12.1. The summed E-state index contributed by atoms with van der Waals surface area (Å²) in [5.74, 6) is -1.48. The van der Waals surface area contributed by atoms with Gasteiger partial charge in [-0.25, -0.2) is 9.59 Å². The zero-order chi connectivity index (χ0) is 17.7. The van der Waals surface area contributed by atoms with Gasteiger partial charge in [-0.15, -0.1) is 0 Å². The van der Waals surface area contributed by atoms with Crippen LogP contribution in [-0.2, 0) is 9.47 Å². The Balaban J connectivity index is 2.04. The van der Waals surface area contributed by atoms with Gasteiger partial charge in [-0.05, 0) is 55.5 Å². The molecule has 2 rings (SSSR count). The van der Waals surface area contributed by atoms with Crippen molar-refractivity contribution in [2.45, 2.75) is 13.0 Å². The first-order valence-corrected chi connectivity index (χ1v) is 7.49. The fraction of sp³-hybridized carbons (Fsp3) is 0.167. The second kappa shape index (κ2) is 7.75. The Labute approximate surface area is 144 Å². The molecule has 0 radical (unpaired) electrons. The molecule has 0 heterocycles. The van der Waals surface area contributed by atoms with Crippen LogP contribution in [0.25, 0.3) is 0 Å². The molecule has 1 atom stereocenters. The van der Waals surface area contributed by atoms with Crippen LogP contribution >= 0.6 is 11.6 Å². The average molecular weight is 347 g/mol. The van der Waals surface area contributed by atoms with Crippen molar-refractivity contribution < 1.29 is 23.9 Å². The van der Waals surface area contributed by atoms with E-state index in [1.807, 2.05) is 0 Å². The van der Waals surface area contributed by atoms with Crippen LogP contribution < -0.4 is 0 Å². The summed E-state index contributed by atoms with van der Waals surface area (Å²) in [4.78, 5) is 35.7. The Hall–Kier alpha value is -2.66. The molecule has 0 saturated carbocycles. The summed E-state index contributed by atoms with van der Waals surface area (Å²) in [6.07, 6.45) is -0.945. The maximum absolute atomic E-state index is 12.2. The van der Waals surface area contributed by atoms with E-state index in [2.05, 4.69) is 4.74 Å². The number of rotatable bonds is 5. The lowest BCUT2D eigenvalue weighted by molar-refractivity contribution is 0.0318. The van der Waals surface area contributed by atoms with Gasteiger partial charge in [0.2, 0.25) is 5.78 Å². The summed E-state index contributed by atoms with van der Waals surface area (Å²) in [5, 5.41) is 0.516. The van der Waals surface area contributed by atoms with Gasteiger partial charge < -0.3 is 9.47 Å². The van der Waals surface area contributed by atoms with E-state index in [0.717, 1.165) is 0 Å². The molecule has 0 N–H and O–H groups in total. The number of methoxy groups -OCH3 is 1. The number of hydrogen-bond donors (Lipinski definition) is 0. The summed E-state index contributed by atoms with van der Waals surface area (Å²) in [7, 11) is 1.27. The fourth-order valence-electron chi connectivity index (χ4n) is 1.99. The number of ketones is 1. The number of carbonyl (C=O) groups is 3. The quantitative estimate of drug-likeness (QED) is 0.611. The molecular formula is C18H15ClO5. The van der Waals surface area contributed by atoms with Crippen molar-refractivity contribution in [1.29, 1.82) is 0 Å². The van der Waals surface area contributed by atoms with Gasteiger partial charge in [-0.1, -0.05) is 11.6 Å². The lowest BCUT2D eigenvalue weighted by Gasteiger charge is -2.12. The first-order chi connectivity index (χ1) is 11.4. The van der Waals surface area contributed by atoms with Gasteiger partial charge >= 0.3 is 11.9 Å². The molecule has 2 aromatic rings. The van der Waals surface area contributed by atoms with E-state index in [-0.39, 0.29) is 11.3 Å². The molecule has 0 saturated heterocycles. The van der Waals surface area contributed by atoms with E-state index in [9.17, 15) is 14.4 Å². The normalized spacial score (nSPS) is 11.5. The molecule has 24 heavy (non-hydrogen) atoms. The maximum Gasteiger partial charge on any atom is 0.338 e. The highest BCUT2D eigenvalue weighted by Crippen LogP contribution is 2.14. The van der Waals surface area contributed by atoms with Gasteiger partial charge in [-0.3, -0.25) is 4.79 Å². The maximum atomic E-state index is 12.2. The minimum atomic E-state index is -0.945. The van der Waals surface area contributed by atoms with Crippen molar-refractivity contribution in [3.8, 4) is 0 Å². The Morgan fingerprint density at radius 1 is 0.833 bits per heavy atom. The lowest BCUT2D eigenvalue weighted by Crippen LogP contribution is -2.24. The van der Waals surface area contributed by atoms with E-state index in [1.54, 1.807) is 24.3 Å². The van der Waals surface area contributed by atoms with Gasteiger partial charge in [0.15, 0.2) is 6.10 Å². The number of benzene rings is 2. The van der Waals surface area contributed by atoms with Gasteiger partial charge in [0.05, 0.1) is 18.2 Å². The predicted molar refractivity (Wildman–Crippen MR) is 88.4 cm³/mol. The monoisotopic (exact) mass is 346 g/mol. The van der Waals surface area contributed by atoms with Crippen LogP contribution in [0.5, 0.6) is 0 Å². The zero-order valence-corrected chi connectivity index (χ0v) is 13.9. The third-order valence-electron chi connectivity index (χ3n) is 3.32. The van der Waals surface area contributed by atoms with Crippen LogP contribution in [0.1, 0.15) is 38.0 Å². The molecule has 0 bridgehead atoms. The molecule has 124 valence electrons. The van der Waals surface area contributed by atoms with Crippen molar-refractivity contribution in [2.24, 2.45) is 0 Å². The molecule has 0 fully saturated rings. The number of halogens is 1. The number of carbonyl (C=O) groups excluding carboxylic acids is 3. The van der Waals surface area contributed by atoms with Crippen LogP contribution in [0, 0.1) is 0 Å². The molecule has 0 aliphatic rings. The Morgan fingerprint density at radius 2 is 1.29 bits per heavy atom. The smallest absolute Gasteiger partial charge is 0.338 e. The summed E-state index contributed by atoms with van der Waals surface area (Å²) >= 11 is 5.78. The number of Topliss-reactive ketones (excluding diaryl/α,β-unsaturated/α-hetero) is 1. The van der Waals surface area contributed by atoms with Crippen LogP contribution in [-0.4, -0.2) is 30.9 Å². The minimum Gasteiger partial charge on any atom is -0.465 e. The minimum absolute atomic E-state index is 0.235. The predicted octanol–water partition coefficient (Wildman–Crippen LogP) is 3.55. The second-order valence-corrected chi connectivity index (χ2v) is 5.42. The van der Waals surface area contributed by atoms with Crippen molar-refractivity contribution >= 4 is 29.3 Å². The second-order valence-electron chi connectivity index (χ2n) is 4.99. The lowest BCUT2D eigenvalue weighted by atomic mass is 10.1. The summed E-state index contributed by atoms with van der Waals surface area (Å²) < 4.78 is 9.75. The zero-order valence-electron chi connectivity index (χ0n) is 13.1. The largest absolute Gasteiger partial charge is 0.465 e. The van der Waals surface area contributed by atoms with Crippen LogP contribution in [0.3, 0.4) is 0 Å². The standard InChI is InChI=1S/C18H15ClO5/c1-11(16(20)12-7-9-15(19)10-8-12)24-18(22)14-5-3-13(4-6-14)17(21)23-2/h3-11H,1-2H3/t11-/m0/s1. The van der Waals surface area contributed by atoms with E-state index in [1.165, 1.54) is 38.3 Å². The molecule has 0 aromatic heterocycles. The van der Waals surface area contributed by atoms with Gasteiger partial charge in [0, 0.05) is 10.6 Å².